The maximum atomic E-state index is 13.5. The van der Waals surface area contributed by atoms with E-state index in [9.17, 15) is 18.9 Å². The van der Waals surface area contributed by atoms with Crippen molar-refractivity contribution in [3.8, 4) is 5.75 Å². The van der Waals surface area contributed by atoms with Crippen LogP contribution in [0.25, 0.3) is 0 Å². The van der Waals surface area contributed by atoms with Crippen molar-refractivity contribution in [2.45, 2.75) is 46.4 Å². The van der Waals surface area contributed by atoms with Gasteiger partial charge in [0, 0.05) is 18.2 Å². The van der Waals surface area contributed by atoms with E-state index >= 15 is 0 Å². The predicted octanol–water partition coefficient (Wildman–Crippen LogP) is 2.84. The average Bonchev–Trinajstić information content (AvgIpc) is 3.15. The molecule has 1 fully saturated rings. The number of hydrogen-bond acceptors (Lipinski definition) is 8. The van der Waals surface area contributed by atoms with Crippen LogP contribution in [0.1, 0.15) is 40.3 Å². The SMILES string of the molecule is C[C@H]1C[C@@H](COP(=O)(NCC(=O)OCC(C)(C)C)Oc2ccccc2)O[C@H]1n1ccc(=O)[nH]c1=O. The molecule has 1 aromatic heterocycles. The molecule has 0 bridgehead atoms. The number of para-hydroxylation sites is 1. The number of H-pyrrole nitrogens is 1. The van der Waals surface area contributed by atoms with Gasteiger partial charge in [-0.15, -0.1) is 0 Å². The van der Waals surface area contributed by atoms with Crippen LogP contribution in [0.5, 0.6) is 5.75 Å². The molecule has 4 atom stereocenters. The Morgan fingerprint density at radius 2 is 1.94 bits per heavy atom. The molecule has 1 aliphatic rings. The topological polar surface area (TPSA) is 138 Å². The Labute approximate surface area is 203 Å². The van der Waals surface area contributed by atoms with Crippen LogP contribution in [0, 0.1) is 11.3 Å². The van der Waals surface area contributed by atoms with Crippen molar-refractivity contribution in [2.75, 3.05) is 19.8 Å². The van der Waals surface area contributed by atoms with Crippen LogP contribution in [0.3, 0.4) is 0 Å². The summed E-state index contributed by atoms with van der Waals surface area (Å²) < 4.78 is 37.1. The molecule has 0 aliphatic carbocycles. The molecule has 11 nitrogen and oxygen atoms in total. The Kier molecular flexibility index (Phi) is 8.71. The zero-order valence-electron chi connectivity index (χ0n) is 20.3. The molecule has 1 aromatic carbocycles. The molecule has 1 aliphatic heterocycles. The van der Waals surface area contributed by atoms with E-state index in [-0.39, 0.29) is 31.1 Å². The number of benzene rings is 1. The fraction of sp³-hybridized carbons (Fsp3) is 0.522. The van der Waals surface area contributed by atoms with Gasteiger partial charge in [-0.05, 0) is 24.0 Å². The van der Waals surface area contributed by atoms with Crippen molar-refractivity contribution in [1.82, 2.24) is 14.6 Å². The van der Waals surface area contributed by atoms with E-state index in [1.165, 1.54) is 16.8 Å². The first-order valence-corrected chi connectivity index (χ1v) is 12.9. The number of hydrogen-bond donors (Lipinski definition) is 2. The standard InChI is InChI=1S/C23H32N3O8P/c1-16-12-18(33-21(16)26-11-10-19(27)25-22(26)29)14-32-35(30,34-17-8-6-5-7-9-17)24-13-20(28)31-15-23(2,3)4/h5-11,16,18,21H,12-15H2,1-4H3,(H,24,30)(H,25,27,29)/t16-,18-,21+,35?/m0/s1. The number of nitrogens with zero attached hydrogens (tertiary/aromatic N) is 1. The summed E-state index contributed by atoms with van der Waals surface area (Å²) >= 11 is 0. The fourth-order valence-electron chi connectivity index (χ4n) is 3.41. The quantitative estimate of drug-likeness (QED) is 0.366. The van der Waals surface area contributed by atoms with Crippen molar-refractivity contribution in [3.63, 3.8) is 0 Å². The molecular formula is C23H32N3O8P. The molecule has 1 unspecified atom stereocenters. The lowest BCUT2D eigenvalue weighted by atomic mass is 9.99. The Hall–Kier alpha value is -2.72. The van der Waals surface area contributed by atoms with Crippen LogP contribution in [0.4, 0.5) is 0 Å². The first-order valence-electron chi connectivity index (χ1n) is 11.3. The first kappa shape index (κ1) is 26.9. The third-order valence-corrected chi connectivity index (χ3v) is 6.55. The molecule has 3 rings (SSSR count). The van der Waals surface area contributed by atoms with E-state index in [2.05, 4.69) is 10.1 Å². The molecule has 0 spiro atoms. The predicted molar refractivity (Wildman–Crippen MR) is 128 cm³/mol. The molecule has 2 heterocycles. The molecule has 1 saturated heterocycles. The van der Waals surface area contributed by atoms with Gasteiger partial charge in [-0.25, -0.2) is 14.4 Å². The number of carbonyl (C=O) groups is 1. The number of aromatic nitrogens is 2. The zero-order chi connectivity index (χ0) is 25.6. The zero-order valence-corrected chi connectivity index (χ0v) is 21.2. The summed E-state index contributed by atoms with van der Waals surface area (Å²) in [6.07, 6.45) is 0.758. The Balaban J connectivity index is 1.65. The number of ether oxygens (including phenoxy) is 2. The molecule has 2 aromatic rings. The van der Waals surface area contributed by atoms with Gasteiger partial charge in [-0.3, -0.25) is 23.7 Å². The minimum absolute atomic E-state index is 0.0815. The second-order valence-corrected chi connectivity index (χ2v) is 11.4. The van der Waals surface area contributed by atoms with Crippen LogP contribution in [-0.4, -0.2) is 41.4 Å². The van der Waals surface area contributed by atoms with Gasteiger partial charge in [0.15, 0.2) is 0 Å². The van der Waals surface area contributed by atoms with E-state index in [1.54, 1.807) is 30.3 Å². The number of rotatable bonds is 10. The summed E-state index contributed by atoms with van der Waals surface area (Å²) in [4.78, 5) is 37.8. The maximum Gasteiger partial charge on any atom is 0.459 e. The second-order valence-electron chi connectivity index (χ2n) is 9.63. The average molecular weight is 509 g/mol. The maximum absolute atomic E-state index is 13.5. The van der Waals surface area contributed by atoms with Crippen LogP contribution in [0.2, 0.25) is 0 Å². The fourth-order valence-corrected chi connectivity index (χ4v) is 4.70. The highest BCUT2D eigenvalue weighted by atomic mass is 31.2. The molecular weight excluding hydrogens is 477 g/mol. The van der Waals surface area contributed by atoms with Gasteiger partial charge in [0.25, 0.3) is 5.56 Å². The lowest BCUT2D eigenvalue weighted by Gasteiger charge is -2.22. The Morgan fingerprint density at radius 3 is 2.60 bits per heavy atom. The van der Waals surface area contributed by atoms with Crippen molar-refractivity contribution in [3.05, 3.63) is 63.4 Å². The summed E-state index contributed by atoms with van der Waals surface area (Å²) in [5, 5.41) is 2.56. The van der Waals surface area contributed by atoms with Gasteiger partial charge < -0.3 is 14.0 Å². The third-order valence-electron chi connectivity index (χ3n) is 5.06. The number of nitrogens with one attached hydrogen (secondary N) is 2. The summed E-state index contributed by atoms with van der Waals surface area (Å²) in [7, 11) is -3.99. The van der Waals surface area contributed by atoms with Crippen LogP contribution < -0.4 is 20.9 Å². The number of aromatic amines is 1. The second kappa shape index (κ2) is 11.3. The summed E-state index contributed by atoms with van der Waals surface area (Å²) in [6.45, 7) is 7.39. The van der Waals surface area contributed by atoms with Gasteiger partial charge in [-0.1, -0.05) is 45.9 Å². The summed E-state index contributed by atoms with van der Waals surface area (Å²) in [5.41, 5.74) is -1.29. The van der Waals surface area contributed by atoms with Crippen molar-refractivity contribution >= 4 is 13.7 Å². The minimum atomic E-state index is -3.99. The highest BCUT2D eigenvalue weighted by Crippen LogP contribution is 2.45. The van der Waals surface area contributed by atoms with Crippen molar-refractivity contribution in [1.29, 1.82) is 0 Å². The van der Waals surface area contributed by atoms with Crippen molar-refractivity contribution < 1.29 is 27.9 Å². The van der Waals surface area contributed by atoms with E-state index in [1.807, 2.05) is 27.7 Å². The minimum Gasteiger partial charge on any atom is -0.464 e. The van der Waals surface area contributed by atoms with Gasteiger partial charge >= 0.3 is 19.4 Å². The van der Waals surface area contributed by atoms with Crippen LogP contribution in [0.15, 0.2) is 52.2 Å². The largest absolute Gasteiger partial charge is 0.464 e. The molecule has 0 radical (unpaired) electrons. The van der Waals surface area contributed by atoms with Crippen molar-refractivity contribution in [2.24, 2.45) is 11.3 Å². The first-order chi connectivity index (χ1) is 16.4. The smallest absolute Gasteiger partial charge is 0.459 e. The highest BCUT2D eigenvalue weighted by Gasteiger charge is 2.37. The van der Waals surface area contributed by atoms with Gasteiger partial charge in [0.05, 0.1) is 19.3 Å². The lowest BCUT2D eigenvalue weighted by Crippen LogP contribution is -2.33. The Morgan fingerprint density at radius 1 is 1.23 bits per heavy atom. The number of carbonyl (C=O) groups excluding carboxylic acids is 1. The molecule has 2 N–H and O–H groups in total. The number of esters is 1. The lowest BCUT2D eigenvalue weighted by molar-refractivity contribution is -0.145. The Bertz CT molecular complexity index is 1160. The molecule has 12 heteroatoms. The van der Waals surface area contributed by atoms with Crippen LogP contribution >= 0.6 is 7.75 Å². The summed E-state index contributed by atoms with van der Waals surface area (Å²) in [6, 6.07) is 9.68. The summed E-state index contributed by atoms with van der Waals surface area (Å²) in [5.74, 6) is -0.379. The van der Waals surface area contributed by atoms with E-state index in [0.717, 1.165) is 0 Å². The molecule has 0 amide bonds. The van der Waals surface area contributed by atoms with Crippen LogP contribution in [-0.2, 0) is 23.4 Å². The molecule has 192 valence electrons. The molecule has 0 saturated carbocycles. The van der Waals surface area contributed by atoms with Gasteiger partial charge in [-0.2, -0.15) is 0 Å². The monoisotopic (exact) mass is 509 g/mol. The van der Waals surface area contributed by atoms with E-state index in [0.29, 0.717) is 12.2 Å². The van der Waals surface area contributed by atoms with Gasteiger partial charge in [0.1, 0.15) is 18.5 Å². The van der Waals surface area contributed by atoms with Gasteiger partial charge in [0.2, 0.25) is 0 Å². The van der Waals surface area contributed by atoms with E-state index in [4.69, 9.17) is 18.5 Å². The third kappa shape index (κ3) is 8.17. The normalized spacial score (nSPS) is 21.9. The van der Waals surface area contributed by atoms with E-state index < -0.39 is 37.3 Å². The molecule has 35 heavy (non-hydrogen) atoms. The highest BCUT2D eigenvalue weighted by molar-refractivity contribution is 7.52.